The second kappa shape index (κ2) is 5.53. The minimum Gasteiger partial charge on any atom is -0.295 e. The molecule has 0 bridgehead atoms. The number of hydrogen-bond donors (Lipinski definition) is 0. The molecule has 0 aliphatic rings. The van der Waals surface area contributed by atoms with E-state index in [2.05, 4.69) is 4.98 Å². The summed E-state index contributed by atoms with van der Waals surface area (Å²) in [5, 5.41) is 1.11. The molecular formula is C16H13Cl3N2. The standard InChI is InChI=1S/C16H13Cl3N2/c1-9-3-4-11(18)7-14(9)21-15-8-12(19)5-6-13(15)20-16(21)10(2)17/h3-8,10H,1-2H3. The van der Waals surface area contributed by atoms with E-state index in [1.165, 1.54) is 0 Å². The first kappa shape index (κ1) is 14.7. The van der Waals surface area contributed by atoms with Gasteiger partial charge in [-0.25, -0.2) is 4.98 Å². The summed E-state index contributed by atoms with van der Waals surface area (Å²) in [4.78, 5) is 4.63. The van der Waals surface area contributed by atoms with E-state index in [9.17, 15) is 0 Å². The van der Waals surface area contributed by atoms with Crippen LogP contribution in [-0.2, 0) is 0 Å². The molecule has 0 N–H and O–H groups in total. The van der Waals surface area contributed by atoms with E-state index in [1.807, 2.05) is 54.8 Å². The molecule has 1 atom stereocenters. The molecule has 0 spiro atoms. The van der Waals surface area contributed by atoms with Crippen LogP contribution in [0.25, 0.3) is 16.7 Å². The Morgan fingerprint density at radius 2 is 1.71 bits per heavy atom. The minimum absolute atomic E-state index is 0.227. The molecule has 21 heavy (non-hydrogen) atoms. The summed E-state index contributed by atoms with van der Waals surface area (Å²) in [7, 11) is 0. The van der Waals surface area contributed by atoms with Gasteiger partial charge in [-0.1, -0.05) is 29.3 Å². The van der Waals surface area contributed by atoms with Gasteiger partial charge in [0.1, 0.15) is 5.82 Å². The fourth-order valence-corrected chi connectivity index (χ4v) is 2.89. The van der Waals surface area contributed by atoms with Crippen molar-refractivity contribution in [3.8, 4) is 5.69 Å². The predicted octanol–water partition coefficient (Wildman–Crippen LogP) is 5.94. The first-order valence-electron chi connectivity index (χ1n) is 6.56. The third-order valence-electron chi connectivity index (χ3n) is 3.41. The third-order valence-corrected chi connectivity index (χ3v) is 4.08. The number of nitrogens with zero attached hydrogens (tertiary/aromatic N) is 2. The van der Waals surface area contributed by atoms with Gasteiger partial charge in [0.25, 0.3) is 0 Å². The fraction of sp³-hybridized carbons (Fsp3) is 0.188. The molecule has 0 aliphatic heterocycles. The van der Waals surface area contributed by atoms with Crippen LogP contribution in [-0.4, -0.2) is 9.55 Å². The van der Waals surface area contributed by atoms with Gasteiger partial charge in [-0.2, -0.15) is 0 Å². The summed E-state index contributed by atoms with van der Waals surface area (Å²) in [6, 6.07) is 11.4. The zero-order valence-electron chi connectivity index (χ0n) is 11.6. The van der Waals surface area contributed by atoms with Crippen molar-refractivity contribution in [3.05, 3.63) is 57.8 Å². The molecule has 1 heterocycles. The highest BCUT2D eigenvalue weighted by atomic mass is 35.5. The summed E-state index contributed by atoms with van der Waals surface area (Å²) in [5.74, 6) is 0.777. The van der Waals surface area contributed by atoms with Crippen LogP contribution in [0, 0.1) is 6.92 Å². The van der Waals surface area contributed by atoms with Crippen molar-refractivity contribution in [3.63, 3.8) is 0 Å². The number of rotatable bonds is 2. The van der Waals surface area contributed by atoms with Crippen molar-refractivity contribution >= 4 is 45.8 Å². The topological polar surface area (TPSA) is 17.8 Å². The second-order valence-electron chi connectivity index (χ2n) is 4.99. The Balaban J connectivity index is 2.41. The molecular weight excluding hydrogens is 327 g/mol. The molecule has 0 saturated carbocycles. The Hall–Kier alpha value is -1.22. The monoisotopic (exact) mass is 338 g/mol. The summed E-state index contributed by atoms with van der Waals surface area (Å²) in [6.45, 7) is 3.94. The molecule has 0 saturated heterocycles. The summed E-state index contributed by atoms with van der Waals surface area (Å²) in [5.41, 5.74) is 3.85. The average molecular weight is 340 g/mol. The first-order chi connectivity index (χ1) is 9.97. The van der Waals surface area contributed by atoms with E-state index >= 15 is 0 Å². The Morgan fingerprint density at radius 3 is 2.43 bits per heavy atom. The molecule has 108 valence electrons. The van der Waals surface area contributed by atoms with Crippen LogP contribution in [0.5, 0.6) is 0 Å². The SMILES string of the molecule is Cc1ccc(Cl)cc1-n1c(C(C)Cl)nc2ccc(Cl)cc21. The zero-order chi connectivity index (χ0) is 15.1. The average Bonchev–Trinajstić information content (AvgIpc) is 2.80. The fourth-order valence-electron chi connectivity index (χ4n) is 2.41. The molecule has 0 radical (unpaired) electrons. The lowest BCUT2D eigenvalue weighted by Crippen LogP contribution is -2.03. The Labute approximate surface area is 138 Å². The van der Waals surface area contributed by atoms with Crippen LogP contribution in [0.2, 0.25) is 10.0 Å². The van der Waals surface area contributed by atoms with Crippen molar-refractivity contribution in [2.24, 2.45) is 0 Å². The maximum absolute atomic E-state index is 6.31. The van der Waals surface area contributed by atoms with Crippen LogP contribution in [0.1, 0.15) is 23.7 Å². The summed E-state index contributed by atoms with van der Waals surface area (Å²) < 4.78 is 2.03. The number of fused-ring (bicyclic) bond motifs is 1. The van der Waals surface area contributed by atoms with Crippen molar-refractivity contribution in [2.45, 2.75) is 19.2 Å². The minimum atomic E-state index is -0.227. The van der Waals surface area contributed by atoms with Crippen molar-refractivity contribution in [1.82, 2.24) is 9.55 Å². The summed E-state index contributed by atoms with van der Waals surface area (Å²) in [6.07, 6.45) is 0. The van der Waals surface area contributed by atoms with Gasteiger partial charge in [0.2, 0.25) is 0 Å². The van der Waals surface area contributed by atoms with Gasteiger partial charge in [0.05, 0.1) is 22.1 Å². The van der Waals surface area contributed by atoms with Gasteiger partial charge in [-0.05, 0) is 49.7 Å². The maximum atomic E-state index is 6.31. The largest absolute Gasteiger partial charge is 0.295 e. The van der Waals surface area contributed by atoms with E-state index in [0.717, 1.165) is 28.1 Å². The molecule has 1 aromatic heterocycles. The van der Waals surface area contributed by atoms with Gasteiger partial charge >= 0.3 is 0 Å². The maximum Gasteiger partial charge on any atom is 0.132 e. The van der Waals surface area contributed by atoms with Gasteiger partial charge < -0.3 is 0 Å². The number of benzene rings is 2. The zero-order valence-corrected chi connectivity index (χ0v) is 13.8. The van der Waals surface area contributed by atoms with E-state index in [1.54, 1.807) is 0 Å². The number of aromatic nitrogens is 2. The smallest absolute Gasteiger partial charge is 0.132 e. The Bertz CT molecular complexity index is 822. The van der Waals surface area contributed by atoms with Crippen LogP contribution in [0.15, 0.2) is 36.4 Å². The lowest BCUT2D eigenvalue weighted by atomic mass is 10.2. The quantitative estimate of drug-likeness (QED) is 0.528. The third kappa shape index (κ3) is 2.64. The predicted molar refractivity (Wildman–Crippen MR) is 90.1 cm³/mol. The molecule has 1 unspecified atom stereocenters. The molecule has 3 rings (SSSR count). The Morgan fingerprint density at radius 1 is 1.05 bits per heavy atom. The highest BCUT2D eigenvalue weighted by Crippen LogP contribution is 2.31. The van der Waals surface area contributed by atoms with Crippen LogP contribution >= 0.6 is 34.8 Å². The van der Waals surface area contributed by atoms with Gasteiger partial charge in [-0.3, -0.25) is 4.57 Å². The first-order valence-corrected chi connectivity index (χ1v) is 7.75. The van der Waals surface area contributed by atoms with E-state index in [0.29, 0.717) is 10.0 Å². The Kier molecular flexibility index (Phi) is 3.87. The van der Waals surface area contributed by atoms with Crippen LogP contribution < -0.4 is 0 Å². The van der Waals surface area contributed by atoms with Gasteiger partial charge in [0.15, 0.2) is 0 Å². The molecule has 2 aromatic carbocycles. The van der Waals surface area contributed by atoms with Crippen molar-refractivity contribution < 1.29 is 0 Å². The highest BCUT2D eigenvalue weighted by molar-refractivity contribution is 6.31. The lowest BCUT2D eigenvalue weighted by Gasteiger charge is -2.13. The van der Waals surface area contributed by atoms with E-state index in [4.69, 9.17) is 34.8 Å². The normalized spacial score (nSPS) is 12.8. The lowest BCUT2D eigenvalue weighted by molar-refractivity contribution is 0.878. The molecule has 5 heteroatoms. The molecule has 3 aromatic rings. The molecule has 2 nitrogen and oxygen atoms in total. The second-order valence-corrected chi connectivity index (χ2v) is 6.51. The summed E-state index contributed by atoms with van der Waals surface area (Å²) >= 11 is 18.6. The number of halogens is 3. The van der Waals surface area contributed by atoms with Gasteiger partial charge in [0, 0.05) is 10.0 Å². The van der Waals surface area contributed by atoms with Crippen LogP contribution in [0.3, 0.4) is 0 Å². The molecule has 0 aliphatic carbocycles. The van der Waals surface area contributed by atoms with Crippen LogP contribution in [0.4, 0.5) is 0 Å². The van der Waals surface area contributed by atoms with E-state index in [-0.39, 0.29) is 5.38 Å². The number of aryl methyl sites for hydroxylation is 1. The van der Waals surface area contributed by atoms with Crippen molar-refractivity contribution in [2.75, 3.05) is 0 Å². The van der Waals surface area contributed by atoms with E-state index < -0.39 is 0 Å². The number of alkyl halides is 1. The number of hydrogen-bond acceptors (Lipinski definition) is 1. The molecule has 0 fully saturated rings. The number of imidazole rings is 1. The highest BCUT2D eigenvalue weighted by Gasteiger charge is 2.18. The van der Waals surface area contributed by atoms with Crippen molar-refractivity contribution in [1.29, 1.82) is 0 Å². The molecule has 0 amide bonds. The van der Waals surface area contributed by atoms with Gasteiger partial charge in [-0.15, -0.1) is 11.6 Å².